The number of benzene rings is 1. The maximum atomic E-state index is 13.5. The molecule has 1 aliphatic rings. The van der Waals surface area contributed by atoms with Gasteiger partial charge in [0.15, 0.2) is 0 Å². The molecule has 1 aliphatic heterocycles. The van der Waals surface area contributed by atoms with Crippen molar-refractivity contribution in [3.8, 4) is 0 Å². The molecule has 0 spiro atoms. The first-order chi connectivity index (χ1) is 9.23. The van der Waals surface area contributed by atoms with Crippen molar-refractivity contribution in [2.24, 2.45) is 5.41 Å². The molecule has 0 radical (unpaired) electrons. The first kappa shape index (κ1) is 14.1. The molecule has 7 heteroatoms. The maximum Gasteiger partial charge on any atom is 0.331 e. The van der Waals surface area contributed by atoms with E-state index in [9.17, 15) is 23.2 Å². The van der Waals surface area contributed by atoms with E-state index in [1.807, 2.05) is 5.32 Å². The molecule has 2 rings (SSSR count). The molecule has 0 aliphatic carbocycles. The minimum Gasteiger partial charge on any atom is -0.277 e. The third kappa shape index (κ3) is 2.26. The molecule has 0 saturated carbocycles. The monoisotopic (exact) mass is 282 g/mol. The number of imide groups is 2. The van der Waals surface area contributed by atoms with Crippen LogP contribution in [0.4, 0.5) is 13.6 Å². The molecule has 1 heterocycles. The molecular weight excluding hydrogens is 270 g/mol. The Balaban J connectivity index is 2.32. The number of halogens is 2. The molecule has 1 aromatic rings. The van der Waals surface area contributed by atoms with Gasteiger partial charge in [0.1, 0.15) is 17.0 Å². The van der Waals surface area contributed by atoms with E-state index in [-0.39, 0.29) is 5.56 Å². The number of urea groups is 1. The summed E-state index contributed by atoms with van der Waals surface area (Å²) in [4.78, 5) is 36.0. The van der Waals surface area contributed by atoms with Crippen LogP contribution in [0.3, 0.4) is 0 Å². The largest absolute Gasteiger partial charge is 0.331 e. The number of hydrogen-bond acceptors (Lipinski definition) is 3. The van der Waals surface area contributed by atoms with Gasteiger partial charge in [0, 0.05) is 5.56 Å². The normalized spacial score (nSPS) is 18.2. The third-order valence-electron chi connectivity index (χ3n) is 3.15. The summed E-state index contributed by atoms with van der Waals surface area (Å²) < 4.78 is 26.6. The van der Waals surface area contributed by atoms with Crippen molar-refractivity contribution in [1.82, 2.24) is 10.2 Å². The Morgan fingerprint density at radius 1 is 1.20 bits per heavy atom. The predicted octanol–water partition coefficient (Wildman–Crippen LogP) is 1.57. The number of carbonyl (C=O) groups is 3. The quantitative estimate of drug-likeness (QED) is 0.837. The Bertz CT molecular complexity index is 614. The number of carbonyl (C=O) groups excluding carboxylic acids is 3. The van der Waals surface area contributed by atoms with Crippen LogP contribution in [0, 0.1) is 17.0 Å². The van der Waals surface area contributed by atoms with Crippen LogP contribution >= 0.6 is 0 Å². The molecule has 1 N–H and O–H groups in total. The van der Waals surface area contributed by atoms with Gasteiger partial charge in [-0.15, -0.1) is 0 Å². The highest BCUT2D eigenvalue weighted by atomic mass is 19.1. The Kier molecular flexibility index (Phi) is 3.29. The van der Waals surface area contributed by atoms with Gasteiger partial charge in [0.25, 0.3) is 0 Å². The van der Waals surface area contributed by atoms with Crippen LogP contribution in [0.5, 0.6) is 0 Å². The summed E-state index contributed by atoms with van der Waals surface area (Å²) in [6, 6.07) is 1.81. The van der Waals surface area contributed by atoms with Crippen LogP contribution in [0.2, 0.25) is 0 Å². The Morgan fingerprint density at radius 3 is 2.50 bits per heavy atom. The van der Waals surface area contributed by atoms with Gasteiger partial charge in [-0.05, 0) is 32.0 Å². The van der Waals surface area contributed by atoms with Crippen molar-refractivity contribution >= 4 is 17.8 Å². The zero-order valence-corrected chi connectivity index (χ0v) is 10.9. The summed E-state index contributed by atoms with van der Waals surface area (Å²) in [6.45, 7) is 2.27. The highest BCUT2D eigenvalue weighted by Crippen LogP contribution is 2.25. The molecule has 0 aromatic heterocycles. The summed E-state index contributed by atoms with van der Waals surface area (Å²) in [7, 11) is 0. The van der Waals surface area contributed by atoms with Crippen molar-refractivity contribution in [1.29, 1.82) is 0 Å². The van der Waals surface area contributed by atoms with Gasteiger partial charge in [-0.1, -0.05) is 0 Å². The minimum atomic E-state index is -1.43. The second kappa shape index (κ2) is 4.66. The van der Waals surface area contributed by atoms with Gasteiger partial charge in [-0.3, -0.25) is 19.8 Å². The third-order valence-corrected chi connectivity index (χ3v) is 3.15. The van der Waals surface area contributed by atoms with Crippen LogP contribution < -0.4 is 5.32 Å². The van der Waals surface area contributed by atoms with Crippen LogP contribution in [0.25, 0.3) is 0 Å². The van der Waals surface area contributed by atoms with Crippen LogP contribution in [0.1, 0.15) is 19.4 Å². The van der Waals surface area contributed by atoms with Gasteiger partial charge >= 0.3 is 6.03 Å². The van der Waals surface area contributed by atoms with Crippen molar-refractivity contribution in [3.05, 3.63) is 35.4 Å². The number of amides is 4. The maximum absolute atomic E-state index is 13.5. The summed E-state index contributed by atoms with van der Waals surface area (Å²) in [5.41, 5.74) is -1.57. The lowest BCUT2D eigenvalue weighted by molar-refractivity contribution is -0.149. The first-order valence-electron chi connectivity index (χ1n) is 5.85. The summed E-state index contributed by atoms with van der Waals surface area (Å²) in [6.07, 6.45) is 0. The Morgan fingerprint density at radius 2 is 1.85 bits per heavy atom. The molecule has 1 saturated heterocycles. The molecule has 5 nitrogen and oxygen atoms in total. The van der Waals surface area contributed by atoms with E-state index in [2.05, 4.69) is 0 Å². The zero-order valence-electron chi connectivity index (χ0n) is 10.9. The minimum absolute atomic E-state index is 0.140. The van der Waals surface area contributed by atoms with Crippen LogP contribution in [-0.4, -0.2) is 22.7 Å². The van der Waals surface area contributed by atoms with E-state index >= 15 is 0 Å². The van der Waals surface area contributed by atoms with Gasteiger partial charge in [-0.2, -0.15) is 0 Å². The SMILES string of the molecule is CC1(C)C(=O)NC(=O)N(Cc2cc(F)ccc2F)C1=O. The Labute approximate surface area is 113 Å². The van der Waals surface area contributed by atoms with Crippen molar-refractivity contribution < 1.29 is 23.2 Å². The van der Waals surface area contributed by atoms with Gasteiger partial charge in [0.05, 0.1) is 6.54 Å². The number of barbiturate groups is 1. The summed E-state index contributed by atoms with van der Waals surface area (Å²) in [5.74, 6) is -2.89. The topological polar surface area (TPSA) is 66.5 Å². The second-order valence-electron chi connectivity index (χ2n) is 5.01. The fourth-order valence-corrected chi connectivity index (χ4v) is 1.83. The van der Waals surface area contributed by atoms with Crippen LogP contribution in [-0.2, 0) is 16.1 Å². The van der Waals surface area contributed by atoms with Gasteiger partial charge in [-0.25, -0.2) is 13.6 Å². The molecular formula is C13H12F2N2O3. The Hall–Kier alpha value is -2.31. The number of hydrogen-bond donors (Lipinski definition) is 1. The fourth-order valence-electron chi connectivity index (χ4n) is 1.83. The molecule has 0 atom stereocenters. The molecule has 1 fully saturated rings. The molecule has 4 amide bonds. The van der Waals surface area contributed by atoms with E-state index in [1.54, 1.807) is 0 Å². The molecule has 0 bridgehead atoms. The van der Waals surface area contributed by atoms with E-state index in [0.29, 0.717) is 4.90 Å². The zero-order chi connectivity index (χ0) is 15.1. The lowest BCUT2D eigenvalue weighted by atomic mass is 9.88. The summed E-state index contributed by atoms with van der Waals surface area (Å²) >= 11 is 0. The van der Waals surface area contributed by atoms with E-state index in [0.717, 1.165) is 18.2 Å². The van der Waals surface area contributed by atoms with E-state index in [4.69, 9.17) is 0 Å². The van der Waals surface area contributed by atoms with Crippen molar-refractivity contribution in [3.63, 3.8) is 0 Å². The standard InChI is InChI=1S/C13H12F2N2O3/c1-13(2)10(18)16-12(20)17(11(13)19)6-7-5-8(14)3-4-9(7)15/h3-5H,6H2,1-2H3,(H,16,18,20). The first-order valence-corrected chi connectivity index (χ1v) is 5.85. The second-order valence-corrected chi connectivity index (χ2v) is 5.01. The molecule has 0 unspecified atom stereocenters. The van der Waals surface area contributed by atoms with Crippen molar-refractivity contribution in [2.45, 2.75) is 20.4 Å². The summed E-state index contributed by atoms with van der Waals surface area (Å²) in [5, 5.41) is 2.02. The van der Waals surface area contributed by atoms with Crippen LogP contribution in [0.15, 0.2) is 18.2 Å². The lowest BCUT2D eigenvalue weighted by Crippen LogP contribution is -2.61. The number of rotatable bonds is 2. The van der Waals surface area contributed by atoms with Crippen molar-refractivity contribution in [2.75, 3.05) is 0 Å². The average molecular weight is 282 g/mol. The predicted molar refractivity (Wildman–Crippen MR) is 64.2 cm³/mol. The molecule has 106 valence electrons. The lowest BCUT2D eigenvalue weighted by Gasteiger charge is -2.34. The smallest absolute Gasteiger partial charge is 0.277 e. The number of nitrogens with zero attached hydrogens (tertiary/aromatic N) is 1. The van der Waals surface area contributed by atoms with E-state index < -0.39 is 41.4 Å². The fraction of sp³-hybridized carbons (Fsp3) is 0.308. The van der Waals surface area contributed by atoms with E-state index in [1.165, 1.54) is 13.8 Å². The molecule has 20 heavy (non-hydrogen) atoms. The van der Waals surface area contributed by atoms with Gasteiger partial charge in [0.2, 0.25) is 11.8 Å². The van der Waals surface area contributed by atoms with Gasteiger partial charge < -0.3 is 0 Å². The highest BCUT2D eigenvalue weighted by Gasteiger charge is 2.47. The average Bonchev–Trinajstić information content (AvgIpc) is 2.37. The highest BCUT2D eigenvalue weighted by molar-refractivity contribution is 6.18. The molecule has 1 aromatic carbocycles. The number of nitrogens with one attached hydrogen (secondary N) is 1.